The Hall–Kier alpha value is -3.22. The van der Waals surface area contributed by atoms with Crippen molar-refractivity contribution in [1.82, 2.24) is 19.9 Å². The van der Waals surface area contributed by atoms with Gasteiger partial charge in [-0.15, -0.1) is 0 Å². The molecular weight excluding hydrogens is 570 g/mol. The van der Waals surface area contributed by atoms with Crippen molar-refractivity contribution in [2.24, 2.45) is 0 Å². The van der Waals surface area contributed by atoms with Crippen LogP contribution in [-0.2, 0) is 35.3 Å². The fourth-order valence-corrected chi connectivity index (χ4v) is 7.33. The van der Waals surface area contributed by atoms with Crippen LogP contribution in [0.2, 0.25) is 0 Å². The number of nitrogens with one attached hydrogen (secondary N) is 1. The van der Waals surface area contributed by atoms with Crippen LogP contribution in [0.15, 0.2) is 30.3 Å². The monoisotopic (exact) mass is 613 g/mol. The predicted molar refractivity (Wildman–Crippen MR) is 166 cm³/mol. The number of nitrogens with zero attached hydrogens (tertiary/aromatic N) is 4. The van der Waals surface area contributed by atoms with Crippen molar-refractivity contribution in [2.45, 2.75) is 69.9 Å². The molecule has 0 aliphatic carbocycles. The molecule has 5 heterocycles. The van der Waals surface area contributed by atoms with E-state index in [9.17, 15) is 13.2 Å². The normalized spacial score (nSPS) is 19.4. The van der Waals surface area contributed by atoms with Crippen molar-refractivity contribution in [3.05, 3.63) is 41.6 Å². The van der Waals surface area contributed by atoms with Crippen LogP contribution in [0, 0.1) is 0 Å². The fraction of sp³-hybridized carbons (Fsp3) is 0.581. The number of hydrogen-bond donors (Lipinski definition) is 1. The van der Waals surface area contributed by atoms with E-state index in [0.717, 1.165) is 34.5 Å². The second kappa shape index (κ2) is 12.0. The smallest absolute Gasteiger partial charge is 0.410 e. The van der Waals surface area contributed by atoms with Gasteiger partial charge in [0.25, 0.3) is 0 Å². The van der Waals surface area contributed by atoms with E-state index in [4.69, 9.17) is 24.2 Å². The number of fused-ring (bicyclic) bond motifs is 1. The standard InChI is InChI=1S/C31H43N5O6S/c1-7-23-20-41-15-12-36(23)28-17-21(31(43(6,38)39)10-13-40-14-11-31)16-26(34-28)25-9-8-24-27(33-25)18-22(32-24)19-35(5)29(37)42-30(2,3)4/h8-9,16-18,23,32H,7,10-15,19-20H2,1-6H3/t23-/m0/s1. The Labute approximate surface area is 253 Å². The molecule has 0 spiro atoms. The maximum absolute atomic E-state index is 13.4. The maximum Gasteiger partial charge on any atom is 0.410 e. The first kappa shape index (κ1) is 31.2. The first-order chi connectivity index (χ1) is 20.3. The lowest BCUT2D eigenvalue weighted by molar-refractivity contribution is 0.0283. The zero-order valence-corrected chi connectivity index (χ0v) is 26.8. The molecule has 1 N–H and O–H groups in total. The molecule has 1 atom stereocenters. The molecule has 11 nitrogen and oxygen atoms in total. The Morgan fingerprint density at radius 1 is 1.12 bits per heavy atom. The third-order valence-electron chi connectivity index (χ3n) is 8.25. The highest BCUT2D eigenvalue weighted by Gasteiger charge is 2.45. The maximum atomic E-state index is 13.4. The molecule has 2 saturated heterocycles. The molecule has 5 rings (SSSR count). The van der Waals surface area contributed by atoms with E-state index in [-0.39, 0.29) is 6.04 Å². The van der Waals surface area contributed by atoms with Gasteiger partial charge in [0, 0.05) is 38.8 Å². The van der Waals surface area contributed by atoms with Gasteiger partial charge in [0.1, 0.15) is 16.2 Å². The predicted octanol–water partition coefficient (Wildman–Crippen LogP) is 4.66. The SMILES string of the molecule is CC[C@H]1COCCN1c1cc(C2(S(C)(=O)=O)CCOCC2)cc(-c2ccc3[nH]c(CN(C)C(=O)OC(C)(C)C)cc3n2)n1. The second-order valence-electron chi connectivity index (χ2n) is 12.6. The average molecular weight is 614 g/mol. The highest BCUT2D eigenvalue weighted by molar-refractivity contribution is 7.91. The molecule has 3 aromatic rings. The van der Waals surface area contributed by atoms with Gasteiger partial charge < -0.3 is 29.0 Å². The van der Waals surface area contributed by atoms with Crippen LogP contribution < -0.4 is 4.90 Å². The molecule has 0 radical (unpaired) electrons. The van der Waals surface area contributed by atoms with Crippen molar-refractivity contribution in [3.63, 3.8) is 0 Å². The molecule has 1 amide bonds. The highest BCUT2D eigenvalue weighted by Crippen LogP contribution is 2.42. The van der Waals surface area contributed by atoms with Crippen LogP contribution in [0.4, 0.5) is 10.6 Å². The number of amides is 1. The fourth-order valence-electron chi connectivity index (χ4n) is 5.88. The lowest BCUT2D eigenvalue weighted by atomic mass is 9.90. The van der Waals surface area contributed by atoms with Gasteiger partial charge in [-0.1, -0.05) is 6.92 Å². The molecule has 234 valence electrons. The molecule has 0 bridgehead atoms. The summed E-state index contributed by atoms with van der Waals surface area (Å²) in [4.78, 5) is 29.6. The van der Waals surface area contributed by atoms with E-state index in [1.807, 2.05) is 51.1 Å². The van der Waals surface area contributed by atoms with E-state index in [2.05, 4.69) is 16.8 Å². The lowest BCUT2D eigenvalue weighted by Crippen LogP contribution is -2.46. The van der Waals surface area contributed by atoms with Crippen molar-refractivity contribution >= 4 is 32.8 Å². The van der Waals surface area contributed by atoms with Gasteiger partial charge in [-0.2, -0.15) is 0 Å². The van der Waals surface area contributed by atoms with E-state index in [0.29, 0.717) is 63.7 Å². The molecule has 0 saturated carbocycles. The number of sulfone groups is 1. The van der Waals surface area contributed by atoms with E-state index in [1.165, 1.54) is 11.2 Å². The lowest BCUT2D eigenvalue weighted by Gasteiger charge is -2.39. The van der Waals surface area contributed by atoms with Crippen molar-refractivity contribution in [3.8, 4) is 11.4 Å². The average Bonchev–Trinajstić information content (AvgIpc) is 3.37. The van der Waals surface area contributed by atoms with Gasteiger partial charge in [0.15, 0.2) is 9.84 Å². The minimum absolute atomic E-state index is 0.137. The molecule has 2 aliphatic heterocycles. The van der Waals surface area contributed by atoms with Crippen LogP contribution in [0.3, 0.4) is 0 Å². The molecule has 3 aromatic heterocycles. The van der Waals surface area contributed by atoms with Crippen molar-refractivity contribution < 1.29 is 27.4 Å². The minimum atomic E-state index is -3.49. The number of ether oxygens (including phenoxy) is 3. The summed E-state index contributed by atoms with van der Waals surface area (Å²) in [6.07, 6.45) is 2.55. The van der Waals surface area contributed by atoms with Crippen LogP contribution >= 0.6 is 0 Å². The number of aromatic nitrogens is 3. The molecule has 0 aromatic carbocycles. The largest absolute Gasteiger partial charge is 0.444 e. The van der Waals surface area contributed by atoms with Gasteiger partial charge >= 0.3 is 6.09 Å². The van der Waals surface area contributed by atoms with Gasteiger partial charge in [0.2, 0.25) is 0 Å². The summed E-state index contributed by atoms with van der Waals surface area (Å²) in [6, 6.07) is 9.71. The Balaban J connectivity index is 1.55. The Morgan fingerprint density at radius 3 is 2.53 bits per heavy atom. The number of rotatable bonds is 7. The Kier molecular flexibility index (Phi) is 8.75. The van der Waals surface area contributed by atoms with Crippen molar-refractivity contribution in [1.29, 1.82) is 0 Å². The van der Waals surface area contributed by atoms with Crippen LogP contribution in [0.1, 0.15) is 58.2 Å². The van der Waals surface area contributed by atoms with Gasteiger partial charge in [-0.05, 0) is 75.9 Å². The summed E-state index contributed by atoms with van der Waals surface area (Å²) in [5, 5.41) is 0. The first-order valence-electron chi connectivity index (χ1n) is 14.9. The zero-order chi connectivity index (χ0) is 31.0. The van der Waals surface area contributed by atoms with E-state index >= 15 is 0 Å². The number of carbonyl (C=O) groups excluding carboxylic acids is 1. The van der Waals surface area contributed by atoms with Gasteiger partial charge in [0.05, 0.1) is 48.2 Å². The van der Waals surface area contributed by atoms with Crippen molar-refractivity contribution in [2.75, 3.05) is 51.2 Å². The number of hydrogen-bond acceptors (Lipinski definition) is 9. The van der Waals surface area contributed by atoms with Crippen LogP contribution in [0.5, 0.6) is 0 Å². The molecule has 2 aliphatic rings. The minimum Gasteiger partial charge on any atom is -0.444 e. The topological polar surface area (TPSA) is 127 Å². The van der Waals surface area contributed by atoms with Gasteiger partial charge in [-0.3, -0.25) is 0 Å². The second-order valence-corrected chi connectivity index (χ2v) is 14.9. The number of anilines is 1. The number of H-pyrrole nitrogens is 1. The molecule has 43 heavy (non-hydrogen) atoms. The zero-order valence-electron chi connectivity index (χ0n) is 26.0. The van der Waals surface area contributed by atoms with Crippen LogP contribution in [-0.4, -0.2) is 92.3 Å². The number of morpholine rings is 1. The summed E-state index contributed by atoms with van der Waals surface area (Å²) in [6.45, 7) is 10.6. The highest BCUT2D eigenvalue weighted by atomic mass is 32.2. The number of aromatic amines is 1. The third kappa shape index (κ3) is 6.66. The van der Waals surface area contributed by atoms with E-state index in [1.54, 1.807) is 7.05 Å². The Morgan fingerprint density at radius 2 is 1.86 bits per heavy atom. The van der Waals surface area contributed by atoms with Crippen LogP contribution in [0.25, 0.3) is 22.4 Å². The molecule has 12 heteroatoms. The summed E-state index contributed by atoms with van der Waals surface area (Å²) in [5.74, 6) is 0.729. The summed E-state index contributed by atoms with van der Waals surface area (Å²) in [5.41, 5.74) is 3.74. The van der Waals surface area contributed by atoms with Gasteiger partial charge in [-0.25, -0.2) is 23.2 Å². The Bertz CT molecular complexity index is 1570. The molecule has 0 unspecified atom stereocenters. The summed E-state index contributed by atoms with van der Waals surface area (Å²) < 4.78 is 42.5. The summed E-state index contributed by atoms with van der Waals surface area (Å²) >= 11 is 0. The quantitative estimate of drug-likeness (QED) is 0.405. The summed E-state index contributed by atoms with van der Waals surface area (Å²) in [7, 11) is -1.79. The third-order valence-corrected chi connectivity index (χ3v) is 10.3. The molecule has 2 fully saturated rings. The van der Waals surface area contributed by atoms with E-state index < -0.39 is 26.3 Å². The molecular formula is C31H43N5O6S. The first-order valence-corrected chi connectivity index (χ1v) is 16.8. The number of carbonyl (C=O) groups is 1. The number of pyridine rings is 2.